The van der Waals surface area contributed by atoms with Gasteiger partial charge in [-0.1, -0.05) is 206 Å². The van der Waals surface area contributed by atoms with E-state index in [2.05, 4.69) is 276 Å². The standard InChI is InChI=1S/C65H44N2/c1-4-17-45(18-5-1)46-31-36-52(37-32-46)66(54-40-41-57-56-26-12-14-28-60(56)65(61(57)44-54,50-21-6-2-7-22-50)51-23-8-3-9-24-51)53-38-33-47(34-39-53)49-35-42-64-59(43-49)58-27-13-15-29-63(58)67(64)62-30-16-20-48-19-10-11-25-55(48)62/h1-44H. The Hall–Kier alpha value is -8.72. The maximum absolute atomic E-state index is 2.45. The lowest BCUT2D eigenvalue weighted by atomic mass is 9.67. The van der Waals surface area contributed by atoms with Crippen molar-refractivity contribution in [3.8, 4) is 39.1 Å². The van der Waals surface area contributed by atoms with Gasteiger partial charge in [-0.2, -0.15) is 0 Å². The molecule has 0 aliphatic heterocycles. The Morgan fingerprint density at radius 3 is 1.52 bits per heavy atom. The second-order valence-corrected chi connectivity index (χ2v) is 17.6. The number of rotatable bonds is 8. The summed E-state index contributed by atoms with van der Waals surface area (Å²) in [5, 5.41) is 4.96. The van der Waals surface area contributed by atoms with Crippen LogP contribution < -0.4 is 4.90 Å². The monoisotopic (exact) mass is 852 g/mol. The summed E-state index contributed by atoms with van der Waals surface area (Å²) in [7, 11) is 0. The summed E-state index contributed by atoms with van der Waals surface area (Å²) < 4.78 is 2.43. The van der Waals surface area contributed by atoms with Crippen LogP contribution in [0.25, 0.3) is 71.6 Å². The fourth-order valence-corrected chi connectivity index (χ4v) is 11.1. The van der Waals surface area contributed by atoms with E-state index in [4.69, 9.17) is 0 Å². The van der Waals surface area contributed by atoms with Crippen molar-refractivity contribution in [1.29, 1.82) is 0 Å². The zero-order valence-electron chi connectivity index (χ0n) is 36.8. The lowest BCUT2D eigenvalue weighted by Gasteiger charge is -2.35. The number of fused-ring (bicyclic) bond motifs is 7. The van der Waals surface area contributed by atoms with E-state index in [9.17, 15) is 0 Å². The minimum absolute atomic E-state index is 0.507. The Kier molecular flexibility index (Phi) is 9.11. The number of para-hydroxylation sites is 1. The van der Waals surface area contributed by atoms with Crippen LogP contribution in [0.1, 0.15) is 22.3 Å². The van der Waals surface area contributed by atoms with Crippen molar-refractivity contribution in [1.82, 2.24) is 4.57 Å². The summed E-state index contributed by atoms with van der Waals surface area (Å²) in [4.78, 5) is 2.42. The number of hydrogen-bond acceptors (Lipinski definition) is 1. The van der Waals surface area contributed by atoms with Crippen molar-refractivity contribution in [3.05, 3.63) is 289 Å². The van der Waals surface area contributed by atoms with Gasteiger partial charge in [-0.3, -0.25) is 0 Å². The van der Waals surface area contributed by atoms with E-state index in [0.717, 1.165) is 17.1 Å². The fourth-order valence-electron chi connectivity index (χ4n) is 11.1. The highest BCUT2D eigenvalue weighted by Crippen LogP contribution is 2.57. The maximum atomic E-state index is 2.45. The van der Waals surface area contributed by atoms with Crippen LogP contribution in [-0.4, -0.2) is 4.57 Å². The number of hydrogen-bond donors (Lipinski definition) is 0. The minimum Gasteiger partial charge on any atom is -0.310 e. The summed E-state index contributed by atoms with van der Waals surface area (Å²) in [6, 6.07) is 98.0. The highest BCUT2D eigenvalue weighted by molar-refractivity contribution is 6.11. The third-order valence-electron chi connectivity index (χ3n) is 14.1. The van der Waals surface area contributed by atoms with Gasteiger partial charge in [0.2, 0.25) is 0 Å². The van der Waals surface area contributed by atoms with Crippen molar-refractivity contribution in [2.45, 2.75) is 5.41 Å². The quantitative estimate of drug-likeness (QED) is 0.148. The molecule has 314 valence electrons. The van der Waals surface area contributed by atoms with E-state index < -0.39 is 5.41 Å². The van der Waals surface area contributed by atoms with Crippen molar-refractivity contribution >= 4 is 49.6 Å². The molecule has 0 radical (unpaired) electrons. The molecule has 1 aromatic heterocycles. The van der Waals surface area contributed by atoms with Gasteiger partial charge < -0.3 is 9.47 Å². The van der Waals surface area contributed by atoms with Gasteiger partial charge in [0.15, 0.2) is 0 Å². The molecule has 0 bridgehead atoms. The van der Waals surface area contributed by atoms with Gasteiger partial charge in [0, 0.05) is 33.2 Å². The van der Waals surface area contributed by atoms with Crippen molar-refractivity contribution in [2.24, 2.45) is 0 Å². The predicted molar refractivity (Wildman–Crippen MR) is 281 cm³/mol. The van der Waals surface area contributed by atoms with Gasteiger partial charge in [-0.25, -0.2) is 0 Å². The molecule has 67 heavy (non-hydrogen) atoms. The molecule has 0 fully saturated rings. The molecule has 11 aromatic carbocycles. The average molecular weight is 853 g/mol. The lowest BCUT2D eigenvalue weighted by molar-refractivity contribution is 0.768. The van der Waals surface area contributed by atoms with Crippen LogP contribution in [0.2, 0.25) is 0 Å². The average Bonchev–Trinajstić information content (AvgIpc) is 3.90. The molecule has 2 heteroatoms. The van der Waals surface area contributed by atoms with Gasteiger partial charge in [-0.15, -0.1) is 0 Å². The molecule has 1 aliphatic carbocycles. The van der Waals surface area contributed by atoms with Crippen molar-refractivity contribution < 1.29 is 0 Å². The first-order chi connectivity index (χ1) is 33.2. The van der Waals surface area contributed by atoms with Gasteiger partial charge in [0.1, 0.15) is 0 Å². The third kappa shape index (κ3) is 6.18. The van der Waals surface area contributed by atoms with Crippen molar-refractivity contribution in [2.75, 3.05) is 4.90 Å². The summed E-state index contributed by atoms with van der Waals surface area (Å²) in [6.45, 7) is 0. The first kappa shape index (κ1) is 38.7. The molecule has 13 rings (SSSR count). The normalized spacial score (nSPS) is 12.6. The number of benzene rings is 11. The topological polar surface area (TPSA) is 8.17 Å². The summed E-state index contributed by atoms with van der Waals surface area (Å²) >= 11 is 0. The van der Waals surface area contributed by atoms with Crippen LogP contribution >= 0.6 is 0 Å². The van der Waals surface area contributed by atoms with Crippen LogP contribution in [-0.2, 0) is 5.41 Å². The van der Waals surface area contributed by atoms with Crippen LogP contribution in [0, 0.1) is 0 Å². The second kappa shape index (κ2) is 15.8. The molecule has 0 N–H and O–H groups in total. The van der Waals surface area contributed by atoms with E-state index in [1.165, 1.54) is 93.9 Å². The Morgan fingerprint density at radius 2 is 0.806 bits per heavy atom. The molecular weight excluding hydrogens is 809 g/mol. The summed E-state index contributed by atoms with van der Waals surface area (Å²) in [5.41, 5.74) is 18.7. The molecule has 1 heterocycles. The number of nitrogens with zero attached hydrogens (tertiary/aromatic N) is 2. The van der Waals surface area contributed by atoms with Gasteiger partial charge in [0.25, 0.3) is 0 Å². The highest BCUT2D eigenvalue weighted by Gasteiger charge is 2.46. The predicted octanol–water partition coefficient (Wildman–Crippen LogP) is 17.1. The van der Waals surface area contributed by atoms with Crippen LogP contribution in [0.3, 0.4) is 0 Å². The molecule has 0 amide bonds. The molecule has 0 saturated heterocycles. The van der Waals surface area contributed by atoms with Gasteiger partial charge in [-0.05, 0) is 122 Å². The molecule has 0 saturated carbocycles. The minimum atomic E-state index is -0.507. The zero-order valence-corrected chi connectivity index (χ0v) is 36.8. The summed E-state index contributed by atoms with van der Waals surface area (Å²) in [6.07, 6.45) is 0. The van der Waals surface area contributed by atoms with Crippen LogP contribution in [0.15, 0.2) is 267 Å². The van der Waals surface area contributed by atoms with E-state index in [-0.39, 0.29) is 0 Å². The molecule has 12 aromatic rings. The molecule has 2 nitrogen and oxygen atoms in total. The molecule has 0 spiro atoms. The number of anilines is 3. The van der Waals surface area contributed by atoms with E-state index in [1.807, 2.05) is 0 Å². The molecular formula is C65H44N2. The highest BCUT2D eigenvalue weighted by atomic mass is 15.1. The largest absolute Gasteiger partial charge is 0.310 e. The van der Waals surface area contributed by atoms with Crippen molar-refractivity contribution in [3.63, 3.8) is 0 Å². The SMILES string of the molecule is c1ccc(-c2ccc(N(c3ccc(-c4ccc5c(c4)c4ccccc4n5-c4cccc5ccccc45)cc3)c3ccc4c(c3)C(c3ccccc3)(c3ccccc3)c3ccccc3-4)cc2)cc1. The fraction of sp³-hybridized carbons (Fsp3) is 0.0154. The smallest absolute Gasteiger partial charge is 0.0714 e. The summed E-state index contributed by atoms with van der Waals surface area (Å²) in [5.74, 6) is 0. The Labute approximate surface area is 390 Å². The van der Waals surface area contributed by atoms with E-state index >= 15 is 0 Å². The zero-order chi connectivity index (χ0) is 44.3. The van der Waals surface area contributed by atoms with E-state index in [0.29, 0.717) is 0 Å². The number of aromatic nitrogens is 1. The Morgan fingerprint density at radius 1 is 0.299 bits per heavy atom. The molecule has 1 aliphatic rings. The first-order valence-corrected chi connectivity index (χ1v) is 23.2. The van der Waals surface area contributed by atoms with Gasteiger partial charge in [0.05, 0.1) is 22.1 Å². The Balaban J connectivity index is 0.960. The second-order valence-electron chi connectivity index (χ2n) is 17.6. The van der Waals surface area contributed by atoms with E-state index in [1.54, 1.807) is 0 Å². The van der Waals surface area contributed by atoms with Crippen LogP contribution in [0.5, 0.6) is 0 Å². The van der Waals surface area contributed by atoms with Gasteiger partial charge >= 0.3 is 0 Å². The maximum Gasteiger partial charge on any atom is 0.0714 e. The third-order valence-corrected chi connectivity index (χ3v) is 14.1. The lowest BCUT2D eigenvalue weighted by Crippen LogP contribution is -2.28. The molecule has 0 unspecified atom stereocenters. The Bertz CT molecular complexity index is 3730. The molecule has 0 atom stereocenters. The first-order valence-electron chi connectivity index (χ1n) is 23.2. The van der Waals surface area contributed by atoms with Crippen LogP contribution in [0.4, 0.5) is 17.1 Å².